The van der Waals surface area contributed by atoms with Crippen LogP contribution in [0, 0.1) is 11.3 Å². The fourth-order valence-corrected chi connectivity index (χ4v) is 6.64. The molecule has 0 aromatic rings. The molecule has 1 spiro atoms. The number of thioether (sulfide) groups is 1. The summed E-state index contributed by atoms with van der Waals surface area (Å²) in [6, 6.07) is -0.196. The van der Waals surface area contributed by atoms with Gasteiger partial charge in [0.15, 0.2) is 0 Å². The van der Waals surface area contributed by atoms with Crippen LogP contribution in [0.1, 0.15) is 70.6 Å². The van der Waals surface area contributed by atoms with E-state index in [4.69, 9.17) is 0 Å². The highest BCUT2D eigenvalue weighted by Gasteiger charge is 2.42. The van der Waals surface area contributed by atoms with Gasteiger partial charge in [0.25, 0.3) is 0 Å². The van der Waals surface area contributed by atoms with E-state index >= 15 is 0 Å². The summed E-state index contributed by atoms with van der Waals surface area (Å²) >= 11 is 1.75. The topological polar surface area (TPSA) is 40.6 Å². The lowest BCUT2D eigenvalue weighted by atomic mass is 9.68. The molecule has 0 bridgehead atoms. The molecule has 2 aliphatic carbocycles. The highest BCUT2D eigenvalue weighted by molar-refractivity contribution is 7.99. The molecule has 2 saturated carbocycles. The fourth-order valence-electron chi connectivity index (χ4n) is 5.49. The van der Waals surface area contributed by atoms with Crippen LogP contribution in [0.3, 0.4) is 0 Å². The number of hydrogen-bond acceptors (Lipinski definition) is 3. The van der Waals surface area contributed by atoms with Crippen LogP contribution < -0.4 is 0 Å². The minimum Gasteiger partial charge on any atom is -0.341 e. The predicted molar refractivity (Wildman–Crippen MR) is 101 cm³/mol. The summed E-state index contributed by atoms with van der Waals surface area (Å²) in [5, 5.41) is 0. The second-order valence-corrected chi connectivity index (χ2v) is 9.69. The monoisotopic (exact) mass is 364 g/mol. The Labute approximate surface area is 156 Å². The van der Waals surface area contributed by atoms with Gasteiger partial charge < -0.3 is 9.80 Å². The molecule has 0 aromatic carbocycles. The molecule has 2 saturated heterocycles. The number of hydrogen-bond donors (Lipinski definition) is 0. The summed E-state index contributed by atoms with van der Waals surface area (Å²) in [5.74, 6) is 2.16. The molecule has 4 rings (SSSR count). The number of piperidine rings is 1. The summed E-state index contributed by atoms with van der Waals surface area (Å²) < 4.78 is 0. The van der Waals surface area contributed by atoms with Crippen molar-refractivity contribution >= 4 is 23.6 Å². The average molecular weight is 365 g/mol. The maximum atomic E-state index is 13.1. The molecule has 1 unspecified atom stereocenters. The van der Waals surface area contributed by atoms with Crippen molar-refractivity contribution in [3.63, 3.8) is 0 Å². The number of rotatable bonds is 2. The molecule has 5 heteroatoms. The van der Waals surface area contributed by atoms with Gasteiger partial charge in [-0.3, -0.25) is 9.59 Å². The van der Waals surface area contributed by atoms with Crippen molar-refractivity contribution in [1.82, 2.24) is 9.80 Å². The third-order valence-corrected chi connectivity index (χ3v) is 8.22. The van der Waals surface area contributed by atoms with Crippen LogP contribution in [0.5, 0.6) is 0 Å². The molecule has 0 radical (unpaired) electrons. The van der Waals surface area contributed by atoms with Gasteiger partial charge in [-0.2, -0.15) is 0 Å². The molecule has 0 N–H and O–H groups in total. The van der Waals surface area contributed by atoms with E-state index in [-0.39, 0.29) is 23.8 Å². The highest BCUT2D eigenvalue weighted by atomic mass is 32.2. The van der Waals surface area contributed by atoms with Gasteiger partial charge >= 0.3 is 0 Å². The molecule has 1 atom stereocenters. The fraction of sp³-hybridized carbons (Fsp3) is 0.900. The Morgan fingerprint density at radius 3 is 2.20 bits per heavy atom. The first-order valence-corrected chi connectivity index (χ1v) is 11.5. The lowest BCUT2D eigenvalue weighted by Gasteiger charge is -2.45. The minimum atomic E-state index is -0.196. The van der Waals surface area contributed by atoms with Crippen LogP contribution in [0.25, 0.3) is 0 Å². The lowest BCUT2D eigenvalue weighted by molar-refractivity contribution is -0.147. The molecule has 2 aliphatic heterocycles. The van der Waals surface area contributed by atoms with Gasteiger partial charge in [0.2, 0.25) is 11.8 Å². The van der Waals surface area contributed by atoms with Crippen LogP contribution in [0.4, 0.5) is 0 Å². The summed E-state index contributed by atoms with van der Waals surface area (Å²) in [6.07, 6.45) is 13.6. The number of likely N-dealkylation sites (tertiary alicyclic amines) is 1. The summed E-state index contributed by atoms with van der Waals surface area (Å²) in [7, 11) is 0. The van der Waals surface area contributed by atoms with E-state index < -0.39 is 0 Å². The van der Waals surface area contributed by atoms with Crippen molar-refractivity contribution in [1.29, 1.82) is 0 Å². The van der Waals surface area contributed by atoms with Crippen LogP contribution in [-0.4, -0.2) is 52.4 Å². The van der Waals surface area contributed by atoms with Crippen molar-refractivity contribution in [3.8, 4) is 0 Å². The quantitative estimate of drug-likeness (QED) is 0.751. The van der Waals surface area contributed by atoms with E-state index in [9.17, 15) is 9.59 Å². The van der Waals surface area contributed by atoms with Crippen molar-refractivity contribution in [2.75, 3.05) is 24.7 Å². The first-order chi connectivity index (χ1) is 12.2. The van der Waals surface area contributed by atoms with E-state index in [2.05, 4.69) is 4.90 Å². The van der Waals surface area contributed by atoms with Gasteiger partial charge in [-0.15, -0.1) is 11.8 Å². The second kappa shape index (κ2) is 7.50. The Bertz CT molecular complexity index is 502. The maximum Gasteiger partial charge on any atom is 0.246 e. The third kappa shape index (κ3) is 3.58. The zero-order chi connectivity index (χ0) is 17.3. The van der Waals surface area contributed by atoms with Crippen molar-refractivity contribution in [2.45, 2.75) is 76.7 Å². The van der Waals surface area contributed by atoms with Crippen molar-refractivity contribution < 1.29 is 9.59 Å². The van der Waals surface area contributed by atoms with E-state index in [1.807, 2.05) is 4.90 Å². The van der Waals surface area contributed by atoms with E-state index in [1.54, 1.807) is 11.8 Å². The summed E-state index contributed by atoms with van der Waals surface area (Å²) in [4.78, 5) is 29.9. The van der Waals surface area contributed by atoms with Gasteiger partial charge in [-0.1, -0.05) is 32.1 Å². The van der Waals surface area contributed by atoms with Gasteiger partial charge in [-0.25, -0.2) is 0 Å². The first-order valence-electron chi connectivity index (χ1n) is 10.4. The van der Waals surface area contributed by atoms with Crippen molar-refractivity contribution in [3.05, 3.63) is 0 Å². The zero-order valence-corrected chi connectivity index (χ0v) is 16.2. The largest absolute Gasteiger partial charge is 0.341 e. The Morgan fingerprint density at radius 1 is 0.840 bits per heavy atom. The van der Waals surface area contributed by atoms with Gasteiger partial charge in [0.1, 0.15) is 6.04 Å². The molecule has 4 aliphatic rings. The number of nitrogens with zero attached hydrogens (tertiary/aromatic N) is 2. The molecule has 2 heterocycles. The van der Waals surface area contributed by atoms with Crippen LogP contribution >= 0.6 is 11.8 Å². The highest BCUT2D eigenvalue weighted by Crippen LogP contribution is 2.44. The summed E-state index contributed by atoms with van der Waals surface area (Å²) in [5.41, 5.74) is 0.527. The Hall–Kier alpha value is -0.710. The van der Waals surface area contributed by atoms with Gasteiger partial charge in [-0.05, 0) is 43.9 Å². The Balaban J connectivity index is 1.36. The standard InChI is InChI=1S/C20H32N2O2S/c23-18(16-6-2-3-7-16)22-15-25-14-17(22)19(24)21-12-10-20(11-13-21)8-4-1-5-9-20/h16-17H,1-15H2. The molecule has 4 nitrogen and oxygen atoms in total. The zero-order valence-electron chi connectivity index (χ0n) is 15.4. The summed E-state index contributed by atoms with van der Waals surface area (Å²) in [6.45, 7) is 1.82. The molecular weight excluding hydrogens is 332 g/mol. The van der Waals surface area contributed by atoms with E-state index in [0.29, 0.717) is 11.3 Å². The van der Waals surface area contributed by atoms with Gasteiger partial charge in [0, 0.05) is 24.8 Å². The molecular formula is C20H32N2O2S. The maximum absolute atomic E-state index is 13.1. The van der Waals surface area contributed by atoms with Crippen LogP contribution in [0.15, 0.2) is 0 Å². The molecule has 140 valence electrons. The third-order valence-electron chi connectivity index (χ3n) is 7.20. The van der Waals surface area contributed by atoms with Crippen LogP contribution in [0.2, 0.25) is 0 Å². The SMILES string of the molecule is O=C(C1CSCN1C(=O)C1CCCC1)N1CCC2(CCCCC2)CC1. The first kappa shape index (κ1) is 17.7. The smallest absolute Gasteiger partial charge is 0.246 e. The molecule has 4 fully saturated rings. The molecule has 0 aromatic heterocycles. The normalized spacial score (nSPS) is 30.2. The average Bonchev–Trinajstić information content (AvgIpc) is 3.34. The van der Waals surface area contributed by atoms with E-state index in [1.165, 1.54) is 57.8 Å². The predicted octanol–water partition coefficient (Wildman–Crippen LogP) is 3.65. The number of carbonyl (C=O) groups excluding carboxylic acids is 2. The number of amides is 2. The number of carbonyl (C=O) groups is 2. The Morgan fingerprint density at radius 2 is 1.52 bits per heavy atom. The van der Waals surface area contributed by atoms with Gasteiger partial charge in [0.05, 0.1) is 5.88 Å². The molecule has 2 amide bonds. The van der Waals surface area contributed by atoms with Crippen molar-refractivity contribution in [2.24, 2.45) is 11.3 Å². The lowest BCUT2D eigenvalue weighted by Crippen LogP contribution is -2.53. The van der Waals surface area contributed by atoms with E-state index in [0.717, 1.165) is 31.7 Å². The molecule has 25 heavy (non-hydrogen) atoms. The Kier molecular flexibility index (Phi) is 5.30. The second-order valence-electron chi connectivity index (χ2n) is 8.69. The minimum absolute atomic E-state index is 0.181. The van der Waals surface area contributed by atoms with Crippen LogP contribution in [-0.2, 0) is 9.59 Å².